The van der Waals surface area contributed by atoms with Crippen LogP contribution in [-0.2, 0) is 4.79 Å². The van der Waals surface area contributed by atoms with E-state index < -0.39 is 5.97 Å². The molecule has 60 valence electrons. The molecule has 0 aromatic heterocycles. The van der Waals surface area contributed by atoms with E-state index in [2.05, 4.69) is 0 Å². The maximum atomic E-state index is 10.2. The van der Waals surface area contributed by atoms with Gasteiger partial charge in [0.15, 0.2) is 0 Å². The van der Waals surface area contributed by atoms with Gasteiger partial charge in [0.05, 0.1) is 0 Å². The van der Waals surface area contributed by atoms with Gasteiger partial charge >= 0.3 is 5.97 Å². The van der Waals surface area contributed by atoms with Crippen molar-refractivity contribution < 1.29 is 15.0 Å². The summed E-state index contributed by atoms with van der Waals surface area (Å²) < 4.78 is 0. The Hall–Kier alpha value is -1.25. The first-order valence-corrected chi connectivity index (χ1v) is 3.53. The molecule has 1 aliphatic carbocycles. The van der Waals surface area contributed by atoms with E-state index in [1.807, 2.05) is 0 Å². The molecule has 0 unspecified atom stereocenters. The number of aliphatic hydroxyl groups is 1. The van der Waals surface area contributed by atoms with Crippen molar-refractivity contribution >= 4 is 5.97 Å². The van der Waals surface area contributed by atoms with Gasteiger partial charge in [0, 0.05) is 11.6 Å². The van der Waals surface area contributed by atoms with Crippen LogP contribution in [0.15, 0.2) is 23.5 Å². The third-order valence-corrected chi connectivity index (χ3v) is 1.61. The molecule has 1 rings (SSSR count). The van der Waals surface area contributed by atoms with Crippen LogP contribution < -0.4 is 0 Å². The van der Waals surface area contributed by atoms with E-state index in [1.165, 1.54) is 0 Å². The average Bonchev–Trinajstić information content (AvgIpc) is 1.93. The summed E-state index contributed by atoms with van der Waals surface area (Å²) in [6, 6.07) is 0. The van der Waals surface area contributed by atoms with Crippen LogP contribution in [0.1, 0.15) is 19.3 Å². The van der Waals surface area contributed by atoms with Crippen LogP contribution in [0.3, 0.4) is 0 Å². The average molecular weight is 154 g/mol. The predicted molar refractivity (Wildman–Crippen MR) is 40.3 cm³/mol. The molecule has 0 spiro atoms. The largest absolute Gasteiger partial charge is 0.508 e. The summed E-state index contributed by atoms with van der Waals surface area (Å²) in [7, 11) is 0. The molecule has 0 fully saturated rings. The van der Waals surface area contributed by atoms with E-state index in [1.54, 1.807) is 6.08 Å². The number of hydrogen-bond acceptors (Lipinski definition) is 2. The fraction of sp³-hybridized carbons (Fsp3) is 0.375. The van der Waals surface area contributed by atoms with E-state index in [-0.39, 0.29) is 5.76 Å². The fourth-order valence-corrected chi connectivity index (χ4v) is 1.09. The lowest BCUT2D eigenvalue weighted by Crippen LogP contribution is -1.99. The molecule has 1 aliphatic rings. The Kier molecular flexibility index (Phi) is 2.31. The van der Waals surface area contributed by atoms with E-state index >= 15 is 0 Å². The highest BCUT2D eigenvalue weighted by atomic mass is 16.4. The van der Waals surface area contributed by atoms with Crippen molar-refractivity contribution in [2.75, 3.05) is 0 Å². The maximum absolute atomic E-state index is 10.2. The molecule has 0 aliphatic heterocycles. The standard InChI is InChI=1S/C8H10O3/c9-7-4-2-1-3-6(7)5-8(10)11/h4-5,9H,1-3H2,(H,10,11). The van der Waals surface area contributed by atoms with Crippen LogP contribution in [0.5, 0.6) is 0 Å². The number of aliphatic carboxylic acids is 1. The lowest BCUT2D eigenvalue weighted by atomic mass is 10.00. The predicted octanol–water partition coefficient (Wildman–Crippen LogP) is 1.62. The van der Waals surface area contributed by atoms with E-state index in [0.717, 1.165) is 18.9 Å². The summed E-state index contributed by atoms with van der Waals surface area (Å²) >= 11 is 0. The zero-order valence-corrected chi connectivity index (χ0v) is 6.08. The zero-order valence-electron chi connectivity index (χ0n) is 6.08. The van der Waals surface area contributed by atoms with Gasteiger partial charge in [-0.3, -0.25) is 0 Å². The van der Waals surface area contributed by atoms with E-state index in [9.17, 15) is 4.79 Å². The Bertz CT molecular complexity index is 225. The summed E-state index contributed by atoms with van der Waals surface area (Å²) in [5, 5.41) is 17.5. The zero-order chi connectivity index (χ0) is 8.27. The van der Waals surface area contributed by atoms with Gasteiger partial charge in [-0.2, -0.15) is 0 Å². The van der Waals surface area contributed by atoms with Gasteiger partial charge in [-0.1, -0.05) is 0 Å². The van der Waals surface area contributed by atoms with Crippen molar-refractivity contribution in [3.63, 3.8) is 0 Å². The first kappa shape index (κ1) is 7.85. The van der Waals surface area contributed by atoms with Gasteiger partial charge in [-0.05, 0) is 25.3 Å². The molecule has 0 radical (unpaired) electrons. The van der Waals surface area contributed by atoms with Crippen LogP contribution in [0.4, 0.5) is 0 Å². The van der Waals surface area contributed by atoms with Crippen molar-refractivity contribution in [3.05, 3.63) is 23.5 Å². The minimum Gasteiger partial charge on any atom is -0.508 e. The molecule has 0 aromatic rings. The molecule has 11 heavy (non-hydrogen) atoms. The molecule has 0 heterocycles. The molecule has 0 amide bonds. The number of allylic oxidation sites excluding steroid dienone is 2. The Morgan fingerprint density at radius 3 is 2.91 bits per heavy atom. The molecule has 3 nitrogen and oxygen atoms in total. The normalized spacial score (nSPS) is 21.5. The summed E-state index contributed by atoms with van der Waals surface area (Å²) in [5.41, 5.74) is 0.531. The molecule has 0 saturated carbocycles. The van der Waals surface area contributed by atoms with Crippen LogP contribution in [0, 0.1) is 0 Å². The van der Waals surface area contributed by atoms with Gasteiger partial charge in [-0.25, -0.2) is 4.79 Å². The van der Waals surface area contributed by atoms with E-state index in [0.29, 0.717) is 12.0 Å². The lowest BCUT2D eigenvalue weighted by molar-refractivity contribution is -0.131. The van der Waals surface area contributed by atoms with Crippen molar-refractivity contribution in [2.24, 2.45) is 0 Å². The van der Waals surface area contributed by atoms with Crippen molar-refractivity contribution in [1.29, 1.82) is 0 Å². The summed E-state index contributed by atoms with van der Waals surface area (Å²) in [6.07, 6.45) is 5.13. The highest BCUT2D eigenvalue weighted by molar-refractivity contribution is 5.81. The molecule has 0 aromatic carbocycles. The number of rotatable bonds is 1. The second kappa shape index (κ2) is 3.23. The van der Waals surface area contributed by atoms with Crippen LogP contribution in [0.25, 0.3) is 0 Å². The monoisotopic (exact) mass is 154 g/mol. The van der Waals surface area contributed by atoms with Crippen molar-refractivity contribution in [2.45, 2.75) is 19.3 Å². The molecule has 0 saturated heterocycles. The molecular weight excluding hydrogens is 144 g/mol. The van der Waals surface area contributed by atoms with Crippen molar-refractivity contribution in [1.82, 2.24) is 0 Å². The Morgan fingerprint density at radius 2 is 2.36 bits per heavy atom. The number of aliphatic hydroxyl groups excluding tert-OH is 1. The van der Waals surface area contributed by atoms with Crippen molar-refractivity contribution in [3.8, 4) is 0 Å². The van der Waals surface area contributed by atoms with Crippen LogP contribution in [-0.4, -0.2) is 16.2 Å². The molecule has 2 N–H and O–H groups in total. The fourth-order valence-electron chi connectivity index (χ4n) is 1.09. The molecular formula is C8H10O3. The molecule has 0 bridgehead atoms. The van der Waals surface area contributed by atoms with Crippen LogP contribution in [0.2, 0.25) is 0 Å². The minimum atomic E-state index is -0.998. The van der Waals surface area contributed by atoms with Gasteiger partial charge in [0.2, 0.25) is 0 Å². The van der Waals surface area contributed by atoms with Crippen LogP contribution >= 0.6 is 0 Å². The highest BCUT2D eigenvalue weighted by Gasteiger charge is 2.09. The third-order valence-electron chi connectivity index (χ3n) is 1.61. The van der Waals surface area contributed by atoms with Gasteiger partial charge < -0.3 is 10.2 Å². The number of carboxylic acids is 1. The van der Waals surface area contributed by atoms with E-state index in [4.69, 9.17) is 10.2 Å². The third kappa shape index (κ3) is 2.11. The molecule has 3 heteroatoms. The molecule has 0 atom stereocenters. The quantitative estimate of drug-likeness (QED) is 0.564. The second-order valence-corrected chi connectivity index (χ2v) is 2.49. The first-order valence-electron chi connectivity index (χ1n) is 3.53. The Balaban J connectivity index is 2.78. The second-order valence-electron chi connectivity index (χ2n) is 2.49. The number of carbonyl (C=O) groups is 1. The smallest absolute Gasteiger partial charge is 0.328 e. The Labute approximate surface area is 64.7 Å². The number of hydrogen-bond donors (Lipinski definition) is 2. The number of carboxylic acid groups (broad SMARTS) is 1. The lowest BCUT2D eigenvalue weighted by Gasteiger charge is -2.09. The van der Waals surface area contributed by atoms with Gasteiger partial charge in [-0.15, -0.1) is 0 Å². The first-order chi connectivity index (χ1) is 5.20. The summed E-state index contributed by atoms with van der Waals surface area (Å²) in [4.78, 5) is 10.2. The Morgan fingerprint density at radius 1 is 1.64 bits per heavy atom. The maximum Gasteiger partial charge on any atom is 0.328 e. The van der Waals surface area contributed by atoms with Gasteiger partial charge in [0.25, 0.3) is 0 Å². The highest BCUT2D eigenvalue weighted by Crippen LogP contribution is 2.21. The van der Waals surface area contributed by atoms with Gasteiger partial charge in [0.1, 0.15) is 5.76 Å². The summed E-state index contributed by atoms with van der Waals surface area (Å²) in [5.74, 6) is -0.875. The SMILES string of the molecule is O=C(O)C=C1CCCC=C1O. The topological polar surface area (TPSA) is 57.5 Å². The minimum absolute atomic E-state index is 0.124. The summed E-state index contributed by atoms with van der Waals surface area (Å²) in [6.45, 7) is 0.